The molecule has 0 aliphatic heterocycles. The van der Waals surface area contributed by atoms with Gasteiger partial charge in [-0.3, -0.25) is 4.79 Å². The van der Waals surface area contributed by atoms with E-state index < -0.39 is 0 Å². The third-order valence-electron chi connectivity index (χ3n) is 3.53. The van der Waals surface area contributed by atoms with Crippen LogP contribution in [0.25, 0.3) is 0 Å². The number of benzene rings is 1. The number of carbonyl (C=O) groups is 1. The van der Waals surface area contributed by atoms with Crippen molar-refractivity contribution in [2.45, 2.75) is 69.6 Å². The monoisotopic (exact) mass is 292 g/mol. The lowest BCUT2D eigenvalue weighted by atomic mass is 10.1. The first kappa shape index (κ1) is 17.3. The molecule has 0 fully saturated rings. The molecule has 1 aromatic rings. The van der Waals surface area contributed by atoms with Gasteiger partial charge in [0.15, 0.2) is 0 Å². The summed E-state index contributed by atoms with van der Waals surface area (Å²) in [5.41, 5.74) is 0.762. The van der Waals surface area contributed by atoms with Gasteiger partial charge in [-0.25, -0.2) is 0 Å². The fourth-order valence-corrected chi connectivity index (χ4v) is 3.16. The molecule has 0 heterocycles. The summed E-state index contributed by atoms with van der Waals surface area (Å²) in [6.45, 7) is 2.27. The van der Waals surface area contributed by atoms with E-state index in [-0.39, 0.29) is 0 Å². The number of unbranched alkanes of at least 4 members (excludes halogenated alkanes) is 8. The summed E-state index contributed by atoms with van der Waals surface area (Å²) in [6, 6.07) is 7.88. The van der Waals surface area contributed by atoms with Crippen LogP contribution in [0, 0.1) is 0 Å². The van der Waals surface area contributed by atoms with E-state index in [2.05, 4.69) is 6.92 Å². The maximum atomic E-state index is 10.6. The maximum absolute atomic E-state index is 10.6. The van der Waals surface area contributed by atoms with Gasteiger partial charge in [0.1, 0.15) is 6.29 Å². The average Bonchev–Trinajstić information content (AvgIpc) is 2.50. The Kier molecular flexibility index (Phi) is 10.4. The van der Waals surface area contributed by atoms with Crippen LogP contribution in [0.5, 0.6) is 0 Å². The predicted molar refractivity (Wildman–Crippen MR) is 89.8 cm³/mol. The molecule has 0 spiro atoms. The molecule has 0 aliphatic rings. The molecule has 0 N–H and O–H groups in total. The summed E-state index contributed by atoms with van der Waals surface area (Å²) < 4.78 is 0. The van der Waals surface area contributed by atoms with E-state index in [0.717, 1.165) is 11.8 Å². The third-order valence-corrected chi connectivity index (χ3v) is 4.63. The summed E-state index contributed by atoms with van der Waals surface area (Å²) >= 11 is 1.90. The number of thioether (sulfide) groups is 1. The summed E-state index contributed by atoms with van der Waals surface area (Å²) in [5, 5.41) is 0. The molecular formula is C18H28OS. The first-order valence-electron chi connectivity index (χ1n) is 8.05. The fourth-order valence-electron chi connectivity index (χ4n) is 2.25. The van der Waals surface area contributed by atoms with E-state index in [4.69, 9.17) is 0 Å². The van der Waals surface area contributed by atoms with Crippen molar-refractivity contribution in [2.75, 3.05) is 5.75 Å². The van der Waals surface area contributed by atoms with Crippen molar-refractivity contribution in [1.82, 2.24) is 0 Å². The minimum Gasteiger partial charge on any atom is -0.298 e. The molecule has 0 amide bonds. The highest BCUT2D eigenvalue weighted by molar-refractivity contribution is 7.99. The van der Waals surface area contributed by atoms with Crippen molar-refractivity contribution in [3.63, 3.8) is 0 Å². The smallest absolute Gasteiger partial charge is 0.150 e. The van der Waals surface area contributed by atoms with Gasteiger partial charge < -0.3 is 0 Å². The summed E-state index contributed by atoms with van der Waals surface area (Å²) in [7, 11) is 0. The Labute approximate surface area is 128 Å². The van der Waals surface area contributed by atoms with Crippen molar-refractivity contribution in [3.05, 3.63) is 29.8 Å². The number of rotatable bonds is 12. The van der Waals surface area contributed by atoms with Crippen LogP contribution < -0.4 is 0 Å². The fraction of sp³-hybridized carbons (Fsp3) is 0.611. The molecule has 2 heteroatoms. The van der Waals surface area contributed by atoms with E-state index in [0.29, 0.717) is 0 Å². The normalized spacial score (nSPS) is 10.7. The molecule has 0 atom stereocenters. The van der Waals surface area contributed by atoms with Gasteiger partial charge >= 0.3 is 0 Å². The van der Waals surface area contributed by atoms with E-state index >= 15 is 0 Å². The number of carbonyl (C=O) groups excluding carboxylic acids is 1. The molecule has 1 nitrogen and oxygen atoms in total. The van der Waals surface area contributed by atoms with Gasteiger partial charge in [-0.05, 0) is 24.3 Å². The molecule has 0 bridgehead atoms. The van der Waals surface area contributed by atoms with Gasteiger partial charge in [0, 0.05) is 10.5 Å². The molecular weight excluding hydrogens is 264 g/mol. The first-order chi connectivity index (χ1) is 9.86. The van der Waals surface area contributed by atoms with E-state index in [1.54, 1.807) is 0 Å². The van der Waals surface area contributed by atoms with Crippen LogP contribution in [0.15, 0.2) is 29.2 Å². The highest BCUT2D eigenvalue weighted by atomic mass is 32.2. The molecule has 1 rings (SSSR count). The second-order valence-corrected chi connectivity index (χ2v) is 6.53. The van der Waals surface area contributed by atoms with Crippen molar-refractivity contribution in [2.24, 2.45) is 0 Å². The van der Waals surface area contributed by atoms with Crippen LogP contribution in [0.4, 0.5) is 0 Å². The zero-order chi connectivity index (χ0) is 14.5. The van der Waals surface area contributed by atoms with Crippen LogP contribution >= 0.6 is 11.8 Å². The molecule has 0 saturated carbocycles. The van der Waals surface area contributed by atoms with Crippen LogP contribution in [0.1, 0.15) is 75.1 Å². The molecule has 112 valence electrons. The highest BCUT2D eigenvalue weighted by Crippen LogP contribution is 2.20. The molecule has 20 heavy (non-hydrogen) atoms. The Bertz CT molecular complexity index is 345. The SMILES string of the molecule is CCCCCCCCCCCSc1ccc(C=O)cc1. The molecule has 0 unspecified atom stereocenters. The third kappa shape index (κ3) is 8.42. The van der Waals surface area contributed by atoms with Crippen LogP contribution in [-0.2, 0) is 0 Å². The van der Waals surface area contributed by atoms with Crippen molar-refractivity contribution in [3.8, 4) is 0 Å². The van der Waals surface area contributed by atoms with Crippen LogP contribution in [-0.4, -0.2) is 12.0 Å². The zero-order valence-electron chi connectivity index (χ0n) is 12.8. The minimum absolute atomic E-state index is 0.762. The zero-order valence-corrected chi connectivity index (χ0v) is 13.6. The molecule has 1 aromatic carbocycles. The quantitative estimate of drug-likeness (QED) is 0.262. The second kappa shape index (κ2) is 12.0. The summed E-state index contributed by atoms with van der Waals surface area (Å²) in [5.74, 6) is 1.19. The topological polar surface area (TPSA) is 17.1 Å². The second-order valence-electron chi connectivity index (χ2n) is 5.36. The molecule has 0 saturated heterocycles. The summed E-state index contributed by atoms with van der Waals surface area (Å²) in [4.78, 5) is 11.8. The molecule has 0 aliphatic carbocycles. The number of aldehydes is 1. The largest absolute Gasteiger partial charge is 0.298 e. The summed E-state index contributed by atoms with van der Waals surface area (Å²) in [6.07, 6.45) is 13.3. The lowest BCUT2D eigenvalue weighted by Crippen LogP contribution is -1.84. The highest BCUT2D eigenvalue weighted by Gasteiger charge is 1.96. The molecule has 0 aromatic heterocycles. The van der Waals surface area contributed by atoms with Gasteiger partial charge in [0.2, 0.25) is 0 Å². The minimum atomic E-state index is 0.762. The van der Waals surface area contributed by atoms with Crippen molar-refractivity contribution >= 4 is 18.0 Å². The first-order valence-corrected chi connectivity index (χ1v) is 9.03. The van der Waals surface area contributed by atoms with E-state index in [9.17, 15) is 4.79 Å². The van der Waals surface area contributed by atoms with Gasteiger partial charge in [-0.2, -0.15) is 0 Å². The van der Waals surface area contributed by atoms with Gasteiger partial charge in [-0.1, -0.05) is 70.4 Å². The predicted octanol–water partition coefficient (Wildman–Crippen LogP) is 6.12. The Morgan fingerprint density at radius 2 is 1.40 bits per heavy atom. The number of hydrogen-bond acceptors (Lipinski definition) is 2. The van der Waals surface area contributed by atoms with E-state index in [1.807, 2.05) is 36.0 Å². The Morgan fingerprint density at radius 3 is 1.95 bits per heavy atom. The lowest BCUT2D eigenvalue weighted by molar-refractivity contribution is 0.112. The van der Waals surface area contributed by atoms with Crippen molar-refractivity contribution < 1.29 is 4.79 Å². The van der Waals surface area contributed by atoms with Crippen molar-refractivity contribution in [1.29, 1.82) is 0 Å². The van der Waals surface area contributed by atoms with Gasteiger partial charge in [-0.15, -0.1) is 11.8 Å². The number of hydrogen-bond donors (Lipinski definition) is 0. The van der Waals surface area contributed by atoms with Crippen LogP contribution in [0.2, 0.25) is 0 Å². The molecule has 0 radical (unpaired) electrons. The Morgan fingerprint density at radius 1 is 0.850 bits per heavy atom. The van der Waals surface area contributed by atoms with Crippen LogP contribution in [0.3, 0.4) is 0 Å². The Hall–Kier alpha value is -0.760. The van der Waals surface area contributed by atoms with Gasteiger partial charge in [0.05, 0.1) is 0 Å². The Balaban J connectivity index is 1.92. The lowest BCUT2D eigenvalue weighted by Gasteiger charge is -2.03. The van der Waals surface area contributed by atoms with Gasteiger partial charge in [0.25, 0.3) is 0 Å². The standard InChI is InChI=1S/C18H28OS/c1-2-3-4-5-6-7-8-9-10-15-20-18-13-11-17(16-19)12-14-18/h11-14,16H,2-10,15H2,1H3. The maximum Gasteiger partial charge on any atom is 0.150 e. The van der Waals surface area contributed by atoms with E-state index in [1.165, 1.54) is 68.4 Å². The average molecular weight is 292 g/mol.